The van der Waals surface area contributed by atoms with Gasteiger partial charge in [-0.2, -0.15) is 0 Å². The Balaban J connectivity index is 2.30. The summed E-state index contributed by atoms with van der Waals surface area (Å²) in [6.45, 7) is 0.913. The Labute approximate surface area is 53.3 Å². The summed E-state index contributed by atoms with van der Waals surface area (Å²) in [6, 6.07) is 0. The standard InChI is InChI=1S/C5H10O4/c1-7-5-4(6)8-2-3-9-5/h4-6H,2-3H2,1H3/t4-,5-/m1/s1. The molecule has 1 heterocycles. The van der Waals surface area contributed by atoms with Gasteiger partial charge in [0.2, 0.25) is 12.6 Å². The Morgan fingerprint density at radius 2 is 2.11 bits per heavy atom. The number of hydrogen-bond donors (Lipinski definition) is 1. The van der Waals surface area contributed by atoms with Crippen LogP contribution in [0.5, 0.6) is 0 Å². The monoisotopic (exact) mass is 134 g/mol. The number of ether oxygens (including phenoxy) is 3. The van der Waals surface area contributed by atoms with Crippen LogP contribution in [0.25, 0.3) is 0 Å². The van der Waals surface area contributed by atoms with Crippen LogP contribution in [0.2, 0.25) is 0 Å². The first-order chi connectivity index (χ1) is 4.34. The number of methoxy groups -OCH3 is 1. The Hall–Kier alpha value is -0.160. The third kappa shape index (κ3) is 1.62. The van der Waals surface area contributed by atoms with Gasteiger partial charge in [-0.1, -0.05) is 0 Å². The predicted molar refractivity (Wildman–Crippen MR) is 28.7 cm³/mol. The minimum absolute atomic E-state index is 0.432. The highest BCUT2D eigenvalue weighted by atomic mass is 16.7. The summed E-state index contributed by atoms with van der Waals surface area (Å²) in [6.07, 6.45) is -1.54. The van der Waals surface area contributed by atoms with Crippen LogP contribution < -0.4 is 0 Å². The van der Waals surface area contributed by atoms with Crippen molar-refractivity contribution in [3.63, 3.8) is 0 Å². The van der Waals surface area contributed by atoms with Crippen molar-refractivity contribution in [3.8, 4) is 0 Å². The summed E-state index contributed by atoms with van der Waals surface area (Å²) in [5.41, 5.74) is 0. The van der Waals surface area contributed by atoms with Gasteiger partial charge >= 0.3 is 0 Å². The molecule has 0 spiro atoms. The van der Waals surface area contributed by atoms with Crippen molar-refractivity contribution in [2.24, 2.45) is 0 Å². The zero-order valence-corrected chi connectivity index (χ0v) is 5.24. The number of aliphatic hydroxyl groups excluding tert-OH is 1. The van der Waals surface area contributed by atoms with Crippen LogP contribution in [-0.4, -0.2) is 38.0 Å². The largest absolute Gasteiger partial charge is 0.364 e. The van der Waals surface area contributed by atoms with Gasteiger partial charge < -0.3 is 19.3 Å². The highest BCUT2D eigenvalue weighted by molar-refractivity contribution is 4.52. The summed E-state index contributed by atoms with van der Waals surface area (Å²) in [5.74, 6) is 0. The van der Waals surface area contributed by atoms with Gasteiger partial charge in [-0.15, -0.1) is 0 Å². The molecule has 0 aromatic heterocycles. The predicted octanol–water partition coefficient (Wildman–Crippen LogP) is -0.676. The van der Waals surface area contributed by atoms with E-state index in [1.807, 2.05) is 0 Å². The average Bonchev–Trinajstić information content (AvgIpc) is 1.89. The third-order valence-corrected chi connectivity index (χ3v) is 1.12. The summed E-state index contributed by atoms with van der Waals surface area (Å²) in [5, 5.41) is 8.90. The van der Waals surface area contributed by atoms with E-state index in [0.717, 1.165) is 0 Å². The van der Waals surface area contributed by atoms with Crippen LogP contribution in [0.1, 0.15) is 0 Å². The third-order valence-electron chi connectivity index (χ3n) is 1.12. The molecule has 4 nitrogen and oxygen atoms in total. The molecule has 0 saturated carbocycles. The summed E-state index contributed by atoms with van der Waals surface area (Å²) >= 11 is 0. The topological polar surface area (TPSA) is 47.9 Å². The molecule has 0 amide bonds. The van der Waals surface area contributed by atoms with Gasteiger partial charge in [-0.25, -0.2) is 0 Å². The molecule has 0 aromatic carbocycles. The Morgan fingerprint density at radius 1 is 1.44 bits per heavy atom. The molecule has 0 unspecified atom stereocenters. The molecular weight excluding hydrogens is 124 g/mol. The highest BCUT2D eigenvalue weighted by Crippen LogP contribution is 2.06. The van der Waals surface area contributed by atoms with Gasteiger partial charge in [0.25, 0.3) is 0 Å². The summed E-state index contributed by atoms with van der Waals surface area (Å²) in [7, 11) is 1.46. The molecule has 1 N–H and O–H groups in total. The van der Waals surface area contributed by atoms with Crippen molar-refractivity contribution < 1.29 is 19.3 Å². The second kappa shape index (κ2) is 3.12. The molecule has 1 aliphatic rings. The lowest BCUT2D eigenvalue weighted by Gasteiger charge is -2.26. The van der Waals surface area contributed by atoms with Crippen LogP contribution in [-0.2, 0) is 14.2 Å². The number of rotatable bonds is 1. The fraction of sp³-hybridized carbons (Fsp3) is 1.00. The van der Waals surface area contributed by atoms with Crippen molar-refractivity contribution in [3.05, 3.63) is 0 Å². The normalized spacial score (nSPS) is 36.7. The second-order valence-electron chi connectivity index (χ2n) is 1.74. The first kappa shape index (κ1) is 6.95. The molecular formula is C5H10O4. The maximum atomic E-state index is 8.90. The summed E-state index contributed by atoms with van der Waals surface area (Å²) in [4.78, 5) is 0. The minimum atomic E-state index is -0.927. The lowest BCUT2D eigenvalue weighted by molar-refractivity contribution is -0.299. The zero-order chi connectivity index (χ0) is 6.69. The van der Waals surface area contributed by atoms with Crippen LogP contribution in [0.15, 0.2) is 0 Å². The van der Waals surface area contributed by atoms with E-state index in [1.165, 1.54) is 7.11 Å². The Morgan fingerprint density at radius 3 is 2.56 bits per heavy atom. The van der Waals surface area contributed by atoms with Gasteiger partial charge in [0.15, 0.2) is 0 Å². The number of hydrogen-bond acceptors (Lipinski definition) is 4. The molecule has 1 aliphatic heterocycles. The van der Waals surface area contributed by atoms with Crippen LogP contribution in [0.3, 0.4) is 0 Å². The molecule has 54 valence electrons. The Bertz CT molecular complexity index is 85.0. The smallest absolute Gasteiger partial charge is 0.209 e. The minimum Gasteiger partial charge on any atom is -0.364 e. The van der Waals surface area contributed by atoms with Crippen LogP contribution in [0, 0.1) is 0 Å². The summed E-state index contributed by atoms with van der Waals surface area (Å²) < 4.78 is 14.4. The van der Waals surface area contributed by atoms with E-state index in [-0.39, 0.29) is 0 Å². The van der Waals surface area contributed by atoms with E-state index in [1.54, 1.807) is 0 Å². The molecule has 0 aliphatic carbocycles. The lowest BCUT2D eigenvalue weighted by atomic mass is 10.5. The highest BCUT2D eigenvalue weighted by Gasteiger charge is 2.23. The first-order valence-electron chi connectivity index (χ1n) is 2.78. The number of aliphatic hydroxyl groups is 1. The molecule has 9 heavy (non-hydrogen) atoms. The fourth-order valence-electron chi connectivity index (χ4n) is 0.678. The van der Waals surface area contributed by atoms with Crippen LogP contribution >= 0.6 is 0 Å². The van der Waals surface area contributed by atoms with Gasteiger partial charge in [0, 0.05) is 7.11 Å². The van der Waals surface area contributed by atoms with E-state index in [0.29, 0.717) is 13.2 Å². The van der Waals surface area contributed by atoms with Crippen molar-refractivity contribution in [1.29, 1.82) is 0 Å². The SMILES string of the molecule is CO[C@@H]1OCCO[C@H]1O. The van der Waals surface area contributed by atoms with Crippen LogP contribution in [0.4, 0.5) is 0 Å². The molecule has 0 aromatic rings. The zero-order valence-electron chi connectivity index (χ0n) is 5.24. The van der Waals surface area contributed by atoms with Crippen molar-refractivity contribution in [1.82, 2.24) is 0 Å². The van der Waals surface area contributed by atoms with Gasteiger partial charge in [-0.05, 0) is 0 Å². The van der Waals surface area contributed by atoms with E-state index in [4.69, 9.17) is 19.3 Å². The molecule has 4 heteroatoms. The van der Waals surface area contributed by atoms with Gasteiger partial charge in [0.05, 0.1) is 13.2 Å². The molecule has 0 radical (unpaired) electrons. The van der Waals surface area contributed by atoms with Crippen molar-refractivity contribution >= 4 is 0 Å². The van der Waals surface area contributed by atoms with Gasteiger partial charge in [-0.3, -0.25) is 0 Å². The van der Waals surface area contributed by atoms with E-state index in [2.05, 4.69) is 0 Å². The molecule has 0 bridgehead atoms. The second-order valence-corrected chi connectivity index (χ2v) is 1.74. The van der Waals surface area contributed by atoms with Crippen molar-refractivity contribution in [2.75, 3.05) is 20.3 Å². The maximum Gasteiger partial charge on any atom is 0.209 e. The van der Waals surface area contributed by atoms with E-state index < -0.39 is 12.6 Å². The van der Waals surface area contributed by atoms with Gasteiger partial charge in [0.1, 0.15) is 0 Å². The quantitative estimate of drug-likeness (QED) is 0.516. The Kier molecular flexibility index (Phi) is 2.41. The van der Waals surface area contributed by atoms with E-state index in [9.17, 15) is 0 Å². The average molecular weight is 134 g/mol. The lowest BCUT2D eigenvalue weighted by Crippen LogP contribution is -2.39. The fourth-order valence-corrected chi connectivity index (χ4v) is 0.678. The van der Waals surface area contributed by atoms with E-state index >= 15 is 0 Å². The molecule has 2 atom stereocenters. The molecule has 1 rings (SSSR count). The first-order valence-corrected chi connectivity index (χ1v) is 2.78. The molecule has 1 saturated heterocycles. The molecule has 1 fully saturated rings. The van der Waals surface area contributed by atoms with Crippen molar-refractivity contribution in [2.45, 2.75) is 12.6 Å². The maximum absolute atomic E-state index is 8.90.